The Hall–Kier alpha value is -1.35. The van der Waals surface area contributed by atoms with Gasteiger partial charge in [-0.25, -0.2) is 0 Å². The zero-order valence-corrected chi connectivity index (χ0v) is 11.9. The second kappa shape index (κ2) is 6.71. The summed E-state index contributed by atoms with van der Waals surface area (Å²) in [6.07, 6.45) is 3.55. The smallest absolute Gasteiger partial charge is 0.251 e. The van der Waals surface area contributed by atoms with Crippen LogP contribution in [-0.2, 0) is 6.42 Å². The van der Waals surface area contributed by atoms with Crippen LogP contribution in [0.1, 0.15) is 35.7 Å². The van der Waals surface area contributed by atoms with E-state index in [0.717, 1.165) is 36.6 Å². The van der Waals surface area contributed by atoms with Crippen LogP contribution in [0.5, 0.6) is 0 Å². The van der Waals surface area contributed by atoms with Gasteiger partial charge in [0.05, 0.1) is 0 Å². The van der Waals surface area contributed by atoms with Crippen LogP contribution >= 0.6 is 0 Å². The third kappa shape index (κ3) is 4.06. The average molecular weight is 260 g/mol. The number of hydrogen-bond donors (Lipinski definition) is 2. The molecule has 3 heteroatoms. The normalized spacial score (nSPS) is 16.1. The van der Waals surface area contributed by atoms with Crippen molar-refractivity contribution in [2.75, 3.05) is 20.1 Å². The lowest BCUT2D eigenvalue weighted by Crippen LogP contribution is -2.30. The maximum atomic E-state index is 12.2. The van der Waals surface area contributed by atoms with Gasteiger partial charge in [0.25, 0.3) is 5.91 Å². The first-order valence-corrected chi connectivity index (χ1v) is 7.23. The van der Waals surface area contributed by atoms with Crippen molar-refractivity contribution < 1.29 is 4.79 Å². The minimum Gasteiger partial charge on any atom is -0.352 e. The molecule has 1 saturated carbocycles. The highest BCUT2D eigenvalue weighted by Crippen LogP contribution is 2.36. The first-order chi connectivity index (χ1) is 9.22. The lowest BCUT2D eigenvalue weighted by molar-refractivity contribution is 0.0945. The van der Waals surface area contributed by atoms with E-state index in [0.29, 0.717) is 5.92 Å². The molecule has 1 aliphatic rings. The zero-order valence-electron chi connectivity index (χ0n) is 11.9. The van der Waals surface area contributed by atoms with Crippen molar-refractivity contribution in [1.29, 1.82) is 0 Å². The number of carbonyl (C=O) groups excluding carboxylic acids is 1. The molecule has 19 heavy (non-hydrogen) atoms. The van der Waals surface area contributed by atoms with Crippen molar-refractivity contribution in [2.24, 2.45) is 11.8 Å². The van der Waals surface area contributed by atoms with E-state index in [-0.39, 0.29) is 5.91 Å². The summed E-state index contributed by atoms with van der Waals surface area (Å²) in [4.78, 5) is 12.2. The molecule has 0 saturated heterocycles. The Kier molecular flexibility index (Phi) is 4.97. The molecule has 0 spiro atoms. The van der Waals surface area contributed by atoms with Gasteiger partial charge in [-0.05, 0) is 56.3 Å². The Bertz CT molecular complexity index is 427. The Morgan fingerprint density at radius 3 is 2.79 bits per heavy atom. The first kappa shape index (κ1) is 14.1. The molecule has 1 atom stereocenters. The van der Waals surface area contributed by atoms with Crippen LogP contribution in [0.3, 0.4) is 0 Å². The van der Waals surface area contributed by atoms with Gasteiger partial charge in [-0.1, -0.05) is 25.1 Å². The molecule has 3 nitrogen and oxygen atoms in total. The minimum absolute atomic E-state index is 0.0687. The number of amides is 1. The molecule has 1 aromatic carbocycles. The average Bonchev–Trinajstić information content (AvgIpc) is 3.27. The Balaban J connectivity index is 1.93. The second-order valence-electron chi connectivity index (χ2n) is 5.54. The van der Waals surface area contributed by atoms with Gasteiger partial charge in [0.2, 0.25) is 0 Å². The number of nitrogens with one attached hydrogen (secondary N) is 2. The Morgan fingerprint density at radius 2 is 2.11 bits per heavy atom. The summed E-state index contributed by atoms with van der Waals surface area (Å²) in [6, 6.07) is 7.88. The highest BCUT2D eigenvalue weighted by molar-refractivity contribution is 5.95. The van der Waals surface area contributed by atoms with E-state index in [9.17, 15) is 4.79 Å². The molecule has 1 aliphatic carbocycles. The van der Waals surface area contributed by atoms with Crippen LogP contribution in [0.15, 0.2) is 24.3 Å². The van der Waals surface area contributed by atoms with E-state index in [2.05, 4.69) is 17.6 Å². The van der Waals surface area contributed by atoms with E-state index in [1.807, 2.05) is 31.3 Å². The minimum atomic E-state index is 0.0687. The van der Waals surface area contributed by atoms with Crippen LogP contribution in [0.25, 0.3) is 0 Å². The van der Waals surface area contributed by atoms with Crippen LogP contribution in [0, 0.1) is 11.8 Å². The summed E-state index contributed by atoms with van der Waals surface area (Å²) < 4.78 is 0. The van der Waals surface area contributed by atoms with Gasteiger partial charge in [-0.3, -0.25) is 4.79 Å². The lowest BCUT2D eigenvalue weighted by atomic mass is 10.0. The van der Waals surface area contributed by atoms with E-state index in [1.54, 1.807) is 0 Å². The molecule has 0 aromatic heterocycles. The number of hydrogen-bond acceptors (Lipinski definition) is 2. The van der Waals surface area contributed by atoms with E-state index in [4.69, 9.17) is 0 Å². The molecule has 2 rings (SSSR count). The molecule has 0 aliphatic heterocycles. The molecule has 104 valence electrons. The Morgan fingerprint density at radius 1 is 1.37 bits per heavy atom. The predicted molar refractivity (Wildman–Crippen MR) is 78.3 cm³/mol. The number of benzene rings is 1. The highest BCUT2D eigenvalue weighted by Gasteiger charge is 2.28. The van der Waals surface area contributed by atoms with Crippen molar-refractivity contribution in [3.05, 3.63) is 35.4 Å². The predicted octanol–water partition coefficient (Wildman–Crippen LogP) is 2.22. The van der Waals surface area contributed by atoms with Crippen LogP contribution in [-0.4, -0.2) is 26.0 Å². The van der Waals surface area contributed by atoms with E-state index < -0.39 is 0 Å². The van der Waals surface area contributed by atoms with Gasteiger partial charge >= 0.3 is 0 Å². The van der Waals surface area contributed by atoms with Crippen LogP contribution in [0.4, 0.5) is 0 Å². The maximum Gasteiger partial charge on any atom is 0.251 e. The summed E-state index contributed by atoms with van der Waals surface area (Å²) in [5.74, 6) is 1.51. The van der Waals surface area contributed by atoms with Gasteiger partial charge in [0.15, 0.2) is 0 Å². The van der Waals surface area contributed by atoms with Crippen molar-refractivity contribution in [3.63, 3.8) is 0 Å². The van der Waals surface area contributed by atoms with Crippen molar-refractivity contribution in [3.8, 4) is 0 Å². The number of carbonyl (C=O) groups is 1. The monoisotopic (exact) mass is 260 g/mol. The Labute approximate surface area is 115 Å². The van der Waals surface area contributed by atoms with E-state index in [1.165, 1.54) is 12.8 Å². The van der Waals surface area contributed by atoms with Gasteiger partial charge in [-0.2, -0.15) is 0 Å². The second-order valence-corrected chi connectivity index (χ2v) is 5.54. The molecule has 2 N–H and O–H groups in total. The standard InChI is InChI=1S/C16H24N2O/c1-12(13-7-8-13)11-18-16(19)15-6-4-3-5-14(15)9-10-17-2/h3-6,12-13,17H,7-11H2,1-2H3,(H,18,19). The summed E-state index contributed by atoms with van der Waals surface area (Å²) >= 11 is 0. The molecule has 1 amide bonds. The fraction of sp³-hybridized carbons (Fsp3) is 0.562. The molecule has 0 bridgehead atoms. The van der Waals surface area contributed by atoms with Crippen LogP contribution < -0.4 is 10.6 Å². The molecular weight excluding hydrogens is 236 g/mol. The van der Waals surface area contributed by atoms with Gasteiger partial charge in [0, 0.05) is 12.1 Å². The molecule has 1 fully saturated rings. The summed E-state index contributed by atoms with van der Waals surface area (Å²) in [7, 11) is 1.93. The zero-order chi connectivity index (χ0) is 13.7. The quantitative estimate of drug-likeness (QED) is 0.789. The maximum absolute atomic E-state index is 12.2. The van der Waals surface area contributed by atoms with Crippen molar-refractivity contribution in [2.45, 2.75) is 26.2 Å². The molecule has 1 unspecified atom stereocenters. The fourth-order valence-electron chi connectivity index (χ4n) is 2.40. The van der Waals surface area contributed by atoms with Gasteiger partial charge in [0.1, 0.15) is 0 Å². The summed E-state index contributed by atoms with van der Waals surface area (Å²) in [6.45, 7) is 3.91. The first-order valence-electron chi connectivity index (χ1n) is 7.23. The van der Waals surface area contributed by atoms with Gasteiger partial charge in [-0.15, -0.1) is 0 Å². The number of likely N-dealkylation sites (N-methyl/N-ethyl adjacent to an activating group) is 1. The molecular formula is C16H24N2O. The number of rotatable bonds is 7. The van der Waals surface area contributed by atoms with Crippen molar-refractivity contribution in [1.82, 2.24) is 10.6 Å². The molecule has 0 heterocycles. The topological polar surface area (TPSA) is 41.1 Å². The third-order valence-corrected chi connectivity index (χ3v) is 3.92. The third-order valence-electron chi connectivity index (χ3n) is 3.92. The van der Waals surface area contributed by atoms with E-state index >= 15 is 0 Å². The van der Waals surface area contributed by atoms with Crippen LogP contribution in [0.2, 0.25) is 0 Å². The van der Waals surface area contributed by atoms with Crippen molar-refractivity contribution >= 4 is 5.91 Å². The summed E-state index contributed by atoms with van der Waals surface area (Å²) in [5, 5.41) is 6.20. The molecule has 0 radical (unpaired) electrons. The largest absolute Gasteiger partial charge is 0.352 e. The highest BCUT2D eigenvalue weighted by atomic mass is 16.1. The lowest BCUT2D eigenvalue weighted by Gasteiger charge is -2.13. The van der Waals surface area contributed by atoms with Gasteiger partial charge < -0.3 is 10.6 Å². The summed E-state index contributed by atoms with van der Waals surface area (Å²) in [5.41, 5.74) is 1.94. The molecule has 1 aromatic rings. The fourth-order valence-corrected chi connectivity index (χ4v) is 2.40. The SMILES string of the molecule is CNCCc1ccccc1C(=O)NCC(C)C1CC1.